The monoisotopic (exact) mass is 420 g/mol. The Morgan fingerprint density at radius 3 is 2.55 bits per heavy atom. The lowest BCUT2D eigenvalue weighted by molar-refractivity contribution is 0.546. The van der Waals surface area contributed by atoms with Gasteiger partial charge >= 0.3 is 0 Å². The Balaban J connectivity index is 2.33. The van der Waals surface area contributed by atoms with Crippen molar-refractivity contribution in [1.29, 1.82) is 0 Å². The van der Waals surface area contributed by atoms with E-state index in [0.29, 0.717) is 11.4 Å². The molecule has 0 aliphatic carbocycles. The van der Waals surface area contributed by atoms with Gasteiger partial charge < -0.3 is 0 Å². The lowest BCUT2D eigenvalue weighted by Gasteiger charge is -2.19. The quantitative estimate of drug-likeness (QED) is 0.551. The second-order valence-corrected chi connectivity index (χ2v) is 6.47. The van der Waals surface area contributed by atoms with Crippen molar-refractivity contribution in [3.05, 3.63) is 67.3 Å². The number of hydrazine groups is 1. The van der Waals surface area contributed by atoms with Gasteiger partial charge in [0.05, 0.1) is 6.04 Å². The first kappa shape index (κ1) is 15.9. The minimum Gasteiger partial charge on any atom is -0.271 e. The molecular weight excluding hydrogens is 410 g/mol. The van der Waals surface area contributed by atoms with Crippen molar-refractivity contribution in [3.63, 3.8) is 0 Å². The molecule has 1 unspecified atom stereocenters. The van der Waals surface area contributed by atoms with Crippen molar-refractivity contribution in [1.82, 2.24) is 5.43 Å². The van der Waals surface area contributed by atoms with Crippen LogP contribution in [0.2, 0.25) is 5.02 Å². The van der Waals surface area contributed by atoms with E-state index in [4.69, 9.17) is 17.4 Å². The van der Waals surface area contributed by atoms with Crippen LogP contribution in [0.3, 0.4) is 0 Å². The van der Waals surface area contributed by atoms with E-state index in [0.717, 1.165) is 20.1 Å². The summed E-state index contributed by atoms with van der Waals surface area (Å²) in [7, 11) is 0. The molecule has 0 fully saturated rings. The van der Waals surface area contributed by atoms with Gasteiger partial charge in [0, 0.05) is 14.0 Å². The maximum absolute atomic E-state index is 13.3. The summed E-state index contributed by atoms with van der Waals surface area (Å²) in [4.78, 5) is 0. The van der Waals surface area contributed by atoms with Gasteiger partial charge in [-0.2, -0.15) is 0 Å². The summed E-state index contributed by atoms with van der Waals surface area (Å²) in [5, 5.41) is 0.627. The first-order valence-corrected chi connectivity index (χ1v) is 7.82. The van der Waals surface area contributed by atoms with Gasteiger partial charge in [-0.1, -0.05) is 43.5 Å². The lowest BCUT2D eigenvalue weighted by atomic mass is 9.99. The Kier molecular flexibility index (Phi) is 5.57. The number of nitrogens with one attached hydrogen (secondary N) is 1. The number of nitrogens with two attached hydrogens (primary N) is 1. The topological polar surface area (TPSA) is 38.0 Å². The predicted molar refractivity (Wildman–Crippen MR) is 87.0 cm³/mol. The van der Waals surface area contributed by atoms with Gasteiger partial charge in [-0.25, -0.2) is 4.39 Å². The minimum atomic E-state index is -0.274. The second kappa shape index (κ2) is 7.00. The highest BCUT2D eigenvalue weighted by atomic mass is 79.9. The Morgan fingerprint density at radius 2 is 1.85 bits per heavy atom. The summed E-state index contributed by atoms with van der Waals surface area (Å²) < 4.78 is 15.1. The SMILES string of the molecule is NNC(Cc1cc(F)ccc1Br)c1cc(Cl)ccc1Br. The van der Waals surface area contributed by atoms with E-state index >= 15 is 0 Å². The van der Waals surface area contributed by atoms with Crippen LogP contribution in [-0.2, 0) is 6.42 Å². The number of rotatable bonds is 4. The van der Waals surface area contributed by atoms with Gasteiger partial charge in [0.1, 0.15) is 5.82 Å². The number of hydrogen-bond donors (Lipinski definition) is 2. The van der Waals surface area contributed by atoms with E-state index in [9.17, 15) is 4.39 Å². The van der Waals surface area contributed by atoms with E-state index in [1.165, 1.54) is 12.1 Å². The van der Waals surface area contributed by atoms with Gasteiger partial charge in [0.2, 0.25) is 0 Å². The Morgan fingerprint density at radius 1 is 1.15 bits per heavy atom. The average molecular weight is 423 g/mol. The lowest BCUT2D eigenvalue weighted by Crippen LogP contribution is -2.30. The van der Waals surface area contributed by atoms with E-state index in [2.05, 4.69) is 37.3 Å². The molecule has 0 saturated carbocycles. The molecule has 0 bridgehead atoms. The van der Waals surface area contributed by atoms with E-state index in [-0.39, 0.29) is 11.9 Å². The van der Waals surface area contributed by atoms with Crippen molar-refractivity contribution in [2.75, 3.05) is 0 Å². The molecule has 0 radical (unpaired) electrons. The molecule has 2 aromatic carbocycles. The van der Waals surface area contributed by atoms with Gasteiger partial charge in [-0.05, 0) is 53.9 Å². The maximum atomic E-state index is 13.3. The summed E-state index contributed by atoms with van der Waals surface area (Å²) >= 11 is 12.9. The molecule has 2 aromatic rings. The highest BCUT2D eigenvalue weighted by Crippen LogP contribution is 2.30. The largest absolute Gasteiger partial charge is 0.271 e. The highest BCUT2D eigenvalue weighted by molar-refractivity contribution is 9.10. The molecule has 2 rings (SSSR count). The summed E-state index contributed by atoms with van der Waals surface area (Å²) in [6.07, 6.45) is 0.536. The first-order chi connectivity index (χ1) is 9.51. The zero-order chi connectivity index (χ0) is 14.7. The molecule has 0 heterocycles. The molecule has 2 nitrogen and oxygen atoms in total. The Labute approximate surface area is 138 Å². The summed E-state index contributed by atoms with van der Waals surface area (Å²) in [6.45, 7) is 0. The van der Waals surface area contributed by atoms with E-state index in [1.807, 2.05) is 12.1 Å². The molecule has 0 aliphatic rings. The summed E-state index contributed by atoms with van der Waals surface area (Å²) in [5.74, 6) is 5.36. The van der Waals surface area contributed by atoms with Crippen molar-refractivity contribution in [3.8, 4) is 0 Å². The van der Waals surface area contributed by atoms with Gasteiger partial charge in [-0.15, -0.1) is 0 Å². The summed E-state index contributed by atoms with van der Waals surface area (Å²) in [6, 6.07) is 9.90. The van der Waals surface area contributed by atoms with Crippen LogP contribution in [0.5, 0.6) is 0 Å². The van der Waals surface area contributed by atoms with Crippen LogP contribution in [0.4, 0.5) is 4.39 Å². The normalized spacial score (nSPS) is 12.4. The summed E-state index contributed by atoms with van der Waals surface area (Å²) in [5.41, 5.74) is 4.51. The van der Waals surface area contributed by atoms with Gasteiger partial charge in [0.15, 0.2) is 0 Å². The molecule has 1 atom stereocenters. The van der Waals surface area contributed by atoms with E-state index in [1.54, 1.807) is 12.1 Å². The van der Waals surface area contributed by atoms with Crippen LogP contribution >= 0.6 is 43.5 Å². The standard InChI is InChI=1S/C14H12Br2ClFN2/c15-12-4-2-10(18)5-8(12)6-14(20-19)11-7-9(17)1-3-13(11)16/h1-5,7,14,20H,6,19H2. The average Bonchev–Trinajstić information content (AvgIpc) is 2.42. The molecule has 0 aromatic heterocycles. The van der Waals surface area contributed by atoms with Crippen LogP contribution in [0.25, 0.3) is 0 Å². The molecular formula is C14H12Br2ClFN2. The van der Waals surface area contributed by atoms with Crippen molar-refractivity contribution >= 4 is 43.5 Å². The molecule has 0 amide bonds. The zero-order valence-electron chi connectivity index (χ0n) is 10.3. The molecule has 3 N–H and O–H groups in total. The molecule has 0 aliphatic heterocycles. The van der Waals surface area contributed by atoms with Gasteiger partial charge in [0.25, 0.3) is 0 Å². The number of hydrogen-bond acceptors (Lipinski definition) is 2. The predicted octanol–water partition coefficient (Wildman–Crippen LogP) is 4.75. The number of halogens is 4. The van der Waals surface area contributed by atoms with Crippen LogP contribution in [0.1, 0.15) is 17.2 Å². The minimum absolute atomic E-state index is 0.179. The Bertz CT molecular complexity index is 622. The van der Waals surface area contributed by atoms with Crippen molar-refractivity contribution in [2.24, 2.45) is 5.84 Å². The molecule has 6 heteroatoms. The molecule has 0 spiro atoms. The van der Waals surface area contributed by atoms with Crippen LogP contribution < -0.4 is 11.3 Å². The third kappa shape index (κ3) is 3.80. The highest BCUT2D eigenvalue weighted by Gasteiger charge is 2.16. The van der Waals surface area contributed by atoms with E-state index < -0.39 is 0 Å². The van der Waals surface area contributed by atoms with Crippen LogP contribution in [-0.4, -0.2) is 0 Å². The van der Waals surface area contributed by atoms with Gasteiger partial charge in [-0.3, -0.25) is 11.3 Å². The third-order valence-electron chi connectivity index (χ3n) is 2.97. The van der Waals surface area contributed by atoms with Crippen LogP contribution in [0.15, 0.2) is 45.3 Å². The van der Waals surface area contributed by atoms with Crippen molar-refractivity contribution < 1.29 is 4.39 Å². The fourth-order valence-corrected chi connectivity index (χ4v) is 3.07. The smallest absolute Gasteiger partial charge is 0.123 e. The van der Waals surface area contributed by atoms with Crippen molar-refractivity contribution in [2.45, 2.75) is 12.5 Å². The molecule has 106 valence electrons. The fourth-order valence-electron chi connectivity index (χ4n) is 1.96. The third-order valence-corrected chi connectivity index (χ3v) is 4.70. The first-order valence-electron chi connectivity index (χ1n) is 5.86. The zero-order valence-corrected chi connectivity index (χ0v) is 14.3. The molecule has 20 heavy (non-hydrogen) atoms. The maximum Gasteiger partial charge on any atom is 0.123 e. The Hall–Kier alpha value is -0.460. The fraction of sp³-hybridized carbons (Fsp3) is 0.143. The van der Waals surface area contributed by atoms with Crippen LogP contribution in [0, 0.1) is 5.82 Å². The number of benzene rings is 2. The molecule has 0 saturated heterocycles. The second-order valence-electron chi connectivity index (χ2n) is 4.32.